The minimum Gasteiger partial charge on any atom is -0.462 e. The van der Waals surface area contributed by atoms with Gasteiger partial charge in [0.25, 0.3) is 0 Å². The number of hydrogen-bond donors (Lipinski definition) is 3. The lowest BCUT2D eigenvalue weighted by Crippen LogP contribution is -2.30. The lowest BCUT2D eigenvalue weighted by molar-refractivity contribution is -0.161. The predicted molar refractivity (Wildman–Crippen MR) is 289 cm³/mol. The van der Waals surface area contributed by atoms with Gasteiger partial charge < -0.3 is 33.8 Å². The molecule has 0 amide bonds. The van der Waals surface area contributed by atoms with E-state index in [0.717, 1.165) is 108 Å². The maximum absolute atomic E-state index is 12.9. The second-order valence-corrected chi connectivity index (χ2v) is 23.4. The summed E-state index contributed by atoms with van der Waals surface area (Å²) >= 11 is 0. The lowest BCUT2D eigenvalue weighted by Gasteiger charge is -2.21. The average molecular weight is 1100 g/mol. The van der Waals surface area contributed by atoms with E-state index in [9.17, 15) is 43.2 Å². The van der Waals surface area contributed by atoms with E-state index >= 15 is 0 Å². The molecule has 74 heavy (non-hydrogen) atoms. The molecule has 4 unspecified atom stereocenters. The van der Waals surface area contributed by atoms with E-state index in [4.69, 9.17) is 37.0 Å². The van der Waals surface area contributed by atoms with Crippen molar-refractivity contribution in [1.29, 1.82) is 0 Å². The zero-order valence-electron chi connectivity index (χ0n) is 47.1. The molecule has 3 N–H and O–H groups in total. The number of phosphoric acid groups is 2. The van der Waals surface area contributed by atoms with Crippen molar-refractivity contribution in [3.8, 4) is 0 Å². The number of rotatable bonds is 54. The maximum Gasteiger partial charge on any atom is 0.472 e. The molecule has 0 saturated carbocycles. The molecule has 0 spiro atoms. The lowest BCUT2D eigenvalue weighted by atomic mass is 9.99. The fourth-order valence-electron chi connectivity index (χ4n) is 7.88. The number of unbranched alkanes of at least 4 members (excludes halogenated alkanes) is 22. The van der Waals surface area contributed by atoms with Crippen molar-refractivity contribution in [2.75, 3.05) is 39.6 Å². The Balaban J connectivity index is 5.16. The Morgan fingerprint density at radius 3 is 0.959 bits per heavy atom. The number of phosphoric ester groups is 2. The van der Waals surface area contributed by atoms with E-state index in [1.54, 1.807) is 0 Å². The largest absolute Gasteiger partial charge is 0.472 e. The second-order valence-electron chi connectivity index (χ2n) is 20.5. The summed E-state index contributed by atoms with van der Waals surface area (Å²) in [6.07, 6.45) is 27.3. The molecule has 0 radical (unpaired) electrons. The maximum atomic E-state index is 12.9. The van der Waals surface area contributed by atoms with Crippen LogP contribution in [0.1, 0.15) is 260 Å². The van der Waals surface area contributed by atoms with Gasteiger partial charge in [-0.2, -0.15) is 0 Å². The highest BCUT2D eigenvalue weighted by molar-refractivity contribution is 7.47. The Kier molecular flexibility index (Phi) is 46.9. The van der Waals surface area contributed by atoms with Gasteiger partial charge in [0.05, 0.1) is 26.4 Å². The van der Waals surface area contributed by atoms with Gasteiger partial charge in [-0.25, -0.2) is 9.13 Å². The Morgan fingerprint density at radius 2 is 0.649 bits per heavy atom. The highest BCUT2D eigenvalue weighted by Gasteiger charge is 2.30. The van der Waals surface area contributed by atoms with Gasteiger partial charge in [-0.3, -0.25) is 37.3 Å². The summed E-state index contributed by atoms with van der Waals surface area (Å²) in [5, 5.41) is 10.4. The molecule has 0 rings (SSSR count). The number of carbonyl (C=O) groups is 4. The molecule has 0 aromatic heterocycles. The van der Waals surface area contributed by atoms with Crippen LogP contribution in [0.4, 0.5) is 0 Å². The zero-order valence-corrected chi connectivity index (χ0v) is 48.9. The van der Waals surface area contributed by atoms with Crippen LogP contribution in [-0.4, -0.2) is 96.7 Å². The SMILES string of the molecule is CCCCCCCC(=O)OC[C@H](COP(=O)(O)OC[C@H](O)COP(=O)(O)OC[C@@H](COC(=O)CCCCCCCCCCC(C)CC)OC(=O)CCCCCCCCCCC(C)CC)OC(=O)CCCCCCC. The minimum absolute atomic E-state index is 0.0983. The van der Waals surface area contributed by atoms with Crippen LogP contribution >= 0.6 is 15.6 Å². The Labute approximate surface area is 447 Å². The van der Waals surface area contributed by atoms with Crippen LogP contribution in [0.5, 0.6) is 0 Å². The van der Waals surface area contributed by atoms with Gasteiger partial charge in [0, 0.05) is 25.7 Å². The molecule has 19 heteroatoms. The summed E-state index contributed by atoms with van der Waals surface area (Å²) < 4.78 is 67.2. The summed E-state index contributed by atoms with van der Waals surface area (Å²) in [6.45, 7) is 9.23. The molecule has 0 heterocycles. The molecule has 0 aliphatic carbocycles. The molecular formula is C55H106O17P2. The number of esters is 4. The first-order valence-corrected chi connectivity index (χ1v) is 32.1. The number of carbonyl (C=O) groups excluding carboxylic acids is 4. The molecule has 0 bridgehead atoms. The van der Waals surface area contributed by atoms with Crippen LogP contribution in [0.15, 0.2) is 0 Å². The monoisotopic (exact) mass is 1100 g/mol. The summed E-state index contributed by atoms with van der Waals surface area (Å²) in [5.74, 6) is -0.623. The third-order valence-corrected chi connectivity index (χ3v) is 15.1. The third kappa shape index (κ3) is 47.3. The standard InChI is InChI=1S/C55H106O17P2/c1-7-11-13-23-31-37-52(57)65-43-50(71-54(59)39-33-24-14-12-8-2)45-69-73(61,62)67-41-49(56)42-68-74(63,64)70-46-51(72-55(60)40-34-28-22-18-16-20-26-30-36-48(6)10-4)44-66-53(58)38-32-27-21-17-15-19-25-29-35-47(5)9-3/h47-51,56H,7-46H2,1-6H3,(H,61,62)(H,63,64)/t47?,48?,49-,50+,51+/m0/s1. The normalized spacial score (nSPS) is 15.3. The topological polar surface area (TPSA) is 237 Å². The fourth-order valence-corrected chi connectivity index (χ4v) is 9.45. The van der Waals surface area contributed by atoms with E-state index in [2.05, 4.69) is 41.5 Å². The van der Waals surface area contributed by atoms with Gasteiger partial charge >= 0.3 is 39.5 Å². The minimum atomic E-state index is -4.93. The molecule has 17 nitrogen and oxygen atoms in total. The van der Waals surface area contributed by atoms with Crippen molar-refractivity contribution in [1.82, 2.24) is 0 Å². The summed E-state index contributed by atoms with van der Waals surface area (Å²) in [4.78, 5) is 71.3. The van der Waals surface area contributed by atoms with Crippen LogP contribution in [0, 0.1) is 11.8 Å². The van der Waals surface area contributed by atoms with Crippen LogP contribution < -0.4 is 0 Å². The van der Waals surface area contributed by atoms with E-state index < -0.39 is 97.5 Å². The highest BCUT2D eigenvalue weighted by atomic mass is 31.2. The van der Waals surface area contributed by atoms with Gasteiger partial charge in [-0.1, -0.05) is 208 Å². The second kappa shape index (κ2) is 48.2. The Hall–Kier alpha value is -1.94. The first-order valence-electron chi connectivity index (χ1n) is 29.1. The van der Waals surface area contributed by atoms with Crippen LogP contribution in [0.25, 0.3) is 0 Å². The van der Waals surface area contributed by atoms with Crippen molar-refractivity contribution in [2.24, 2.45) is 11.8 Å². The number of aliphatic hydroxyl groups is 1. The van der Waals surface area contributed by atoms with E-state index in [1.807, 2.05) is 0 Å². The average Bonchev–Trinajstić information content (AvgIpc) is 3.37. The predicted octanol–water partition coefficient (Wildman–Crippen LogP) is 14.1. The molecule has 0 saturated heterocycles. The van der Waals surface area contributed by atoms with Crippen molar-refractivity contribution in [2.45, 2.75) is 278 Å². The molecule has 438 valence electrons. The van der Waals surface area contributed by atoms with Crippen LogP contribution in [0.2, 0.25) is 0 Å². The van der Waals surface area contributed by atoms with Gasteiger partial charge in [0.2, 0.25) is 0 Å². The van der Waals surface area contributed by atoms with Crippen molar-refractivity contribution >= 4 is 39.5 Å². The summed E-state index contributed by atoms with van der Waals surface area (Å²) in [7, 11) is -9.85. The Bertz CT molecular complexity index is 1480. The van der Waals surface area contributed by atoms with Gasteiger partial charge in [0.1, 0.15) is 19.3 Å². The van der Waals surface area contributed by atoms with Crippen LogP contribution in [-0.2, 0) is 65.4 Å². The van der Waals surface area contributed by atoms with E-state index in [-0.39, 0.29) is 25.7 Å². The van der Waals surface area contributed by atoms with Crippen molar-refractivity contribution < 1.29 is 80.2 Å². The van der Waals surface area contributed by atoms with E-state index in [1.165, 1.54) is 70.6 Å². The van der Waals surface area contributed by atoms with Gasteiger partial charge in [-0.15, -0.1) is 0 Å². The zero-order chi connectivity index (χ0) is 55.1. The molecule has 0 aliphatic heterocycles. The highest BCUT2D eigenvalue weighted by Crippen LogP contribution is 2.45. The number of aliphatic hydroxyl groups excluding tert-OH is 1. The molecule has 0 aromatic carbocycles. The van der Waals surface area contributed by atoms with Crippen molar-refractivity contribution in [3.63, 3.8) is 0 Å². The smallest absolute Gasteiger partial charge is 0.462 e. The number of hydrogen-bond acceptors (Lipinski definition) is 15. The van der Waals surface area contributed by atoms with E-state index in [0.29, 0.717) is 25.7 Å². The molecular weight excluding hydrogens is 995 g/mol. The molecule has 0 aliphatic rings. The fraction of sp³-hybridized carbons (Fsp3) is 0.927. The summed E-state index contributed by atoms with van der Waals surface area (Å²) in [6, 6.07) is 0. The van der Waals surface area contributed by atoms with Gasteiger partial charge in [0.15, 0.2) is 12.2 Å². The Morgan fingerprint density at radius 1 is 0.378 bits per heavy atom. The third-order valence-electron chi connectivity index (χ3n) is 13.2. The molecule has 0 aromatic rings. The molecule has 0 fully saturated rings. The van der Waals surface area contributed by atoms with Crippen molar-refractivity contribution in [3.05, 3.63) is 0 Å². The quantitative estimate of drug-likeness (QED) is 0.0222. The first-order chi connectivity index (χ1) is 35.4. The van der Waals surface area contributed by atoms with Crippen LogP contribution in [0.3, 0.4) is 0 Å². The molecule has 7 atom stereocenters. The summed E-state index contributed by atoms with van der Waals surface area (Å²) in [5.41, 5.74) is 0. The van der Waals surface area contributed by atoms with Gasteiger partial charge in [-0.05, 0) is 37.5 Å². The number of ether oxygens (including phenoxy) is 4. The first kappa shape index (κ1) is 72.1.